The Bertz CT molecular complexity index is 502. The molecule has 1 heterocycles. The largest absolute Gasteiger partial charge is 0.507 e. The monoisotopic (exact) mass is 205 g/mol. The van der Waals surface area contributed by atoms with Crippen LogP contribution < -0.4 is 0 Å². The number of carboxylic acid groups (broad SMARTS) is 1. The van der Waals surface area contributed by atoms with Crippen LogP contribution in [0.1, 0.15) is 6.42 Å². The quantitative estimate of drug-likeness (QED) is 0.803. The SMILES string of the molecule is O=C(O)CCn1ccc2c(O)cccc21. The third kappa shape index (κ3) is 1.79. The van der Waals surface area contributed by atoms with Gasteiger partial charge in [0.1, 0.15) is 5.75 Å². The van der Waals surface area contributed by atoms with Crippen LogP contribution in [-0.4, -0.2) is 20.7 Å². The van der Waals surface area contributed by atoms with Crippen LogP contribution in [0.5, 0.6) is 5.75 Å². The summed E-state index contributed by atoms with van der Waals surface area (Å²) in [5.41, 5.74) is 0.858. The number of aliphatic carboxylic acids is 1. The first-order chi connectivity index (χ1) is 7.18. The highest BCUT2D eigenvalue weighted by molar-refractivity contribution is 5.86. The lowest BCUT2D eigenvalue weighted by Gasteiger charge is -2.02. The Hall–Kier alpha value is -1.97. The van der Waals surface area contributed by atoms with Crippen molar-refractivity contribution in [3.05, 3.63) is 30.5 Å². The zero-order valence-electron chi connectivity index (χ0n) is 8.05. The summed E-state index contributed by atoms with van der Waals surface area (Å²) in [6.45, 7) is 0.419. The first kappa shape index (κ1) is 9.58. The van der Waals surface area contributed by atoms with Crippen LogP contribution in [0.2, 0.25) is 0 Å². The van der Waals surface area contributed by atoms with Crippen LogP contribution in [0, 0.1) is 0 Å². The van der Waals surface area contributed by atoms with E-state index >= 15 is 0 Å². The average molecular weight is 205 g/mol. The van der Waals surface area contributed by atoms with Crippen molar-refractivity contribution in [1.29, 1.82) is 0 Å². The molecule has 0 aliphatic heterocycles. The predicted octanol–water partition coefficient (Wildman–Crippen LogP) is 1.82. The van der Waals surface area contributed by atoms with Gasteiger partial charge in [-0.05, 0) is 18.2 Å². The van der Waals surface area contributed by atoms with Crippen molar-refractivity contribution in [2.24, 2.45) is 0 Å². The number of nitrogens with zero attached hydrogens (tertiary/aromatic N) is 1. The van der Waals surface area contributed by atoms with Crippen LogP contribution in [0.15, 0.2) is 30.5 Å². The summed E-state index contributed by atoms with van der Waals surface area (Å²) in [6.07, 6.45) is 1.87. The first-order valence-corrected chi connectivity index (χ1v) is 4.67. The molecule has 2 aromatic rings. The molecule has 0 unspecified atom stereocenters. The number of rotatable bonds is 3. The number of carbonyl (C=O) groups is 1. The average Bonchev–Trinajstić information content (AvgIpc) is 2.59. The zero-order valence-corrected chi connectivity index (χ0v) is 8.05. The number of hydrogen-bond donors (Lipinski definition) is 2. The molecule has 0 spiro atoms. The van der Waals surface area contributed by atoms with Crippen LogP contribution >= 0.6 is 0 Å². The molecule has 2 N–H and O–H groups in total. The Kier molecular flexibility index (Phi) is 2.33. The van der Waals surface area contributed by atoms with Crippen LogP contribution in [0.3, 0.4) is 0 Å². The number of benzene rings is 1. The molecule has 0 radical (unpaired) electrons. The van der Waals surface area contributed by atoms with E-state index in [1.165, 1.54) is 0 Å². The molecule has 0 atom stereocenters. The minimum atomic E-state index is -0.822. The summed E-state index contributed by atoms with van der Waals surface area (Å²) in [5, 5.41) is 18.9. The van der Waals surface area contributed by atoms with Crippen LogP contribution in [0.25, 0.3) is 10.9 Å². The highest BCUT2D eigenvalue weighted by Crippen LogP contribution is 2.25. The van der Waals surface area contributed by atoms with Crippen molar-refractivity contribution < 1.29 is 15.0 Å². The normalized spacial score (nSPS) is 10.7. The second-order valence-electron chi connectivity index (χ2n) is 3.36. The van der Waals surface area contributed by atoms with Gasteiger partial charge in [-0.15, -0.1) is 0 Å². The molecule has 2 rings (SSSR count). The summed E-state index contributed by atoms with van der Waals surface area (Å²) in [4.78, 5) is 10.4. The van der Waals surface area contributed by atoms with Crippen molar-refractivity contribution >= 4 is 16.9 Å². The molecular formula is C11H11NO3. The highest BCUT2D eigenvalue weighted by Gasteiger charge is 2.05. The van der Waals surface area contributed by atoms with Gasteiger partial charge >= 0.3 is 5.97 Å². The fourth-order valence-corrected chi connectivity index (χ4v) is 1.62. The second-order valence-corrected chi connectivity index (χ2v) is 3.36. The van der Waals surface area contributed by atoms with E-state index in [9.17, 15) is 9.90 Å². The molecule has 0 fully saturated rings. The summed E-state index contributed by atoms with van der Waals surface area (Å²) in [7, 11) is 0. The molecule has 0 amide bonds. The third-order valence-electron chi connectivity index (χ3n) is 2.36. The number of aromatic hydroxyl groups is 1. The molecule has 4 heteroatoms. The summed E-state index contributed by atoms with van der Waals surface area (Å²) < 4.78 is 1.82. The molecule has 0 aliphatic rings. The molecule has 1 aromatic carbocycles. The van der Waals surface area contributed by atoms with Crippen molar-refractivity contribution in [3.63, 3.8) is 0 Å². The predicted molar refractivity (Wildman–Crippen MR) is 55.9 cm³/mol. The van der Waals surface area contributed by atoms with Gasteiger partial charge in [0.25, 0.3) is 0 Å². The Morgan fingerprint density at radius 2 is 2.13 bits per heavy atom. The molecule has 0 bridgehead atoms. The van der Waals surface area contributed by atoms with Gasteiger partial charge in [0.2, 0.25) is 0 Å². The summed E-state index contributed by atoms with van der Waals surface area (Å²) in [6, 6.07) is 7.00. The van der Waals surface area contributed by atoms with E-state index in [1.54, 1.807) is 24.4 Å². The van der Waals surface area contributed by atoms with Gasteiger partial charge in [-0.3, -0.25) is 4.79 Å². The fourth-order valence-electron chi connectivity index (χ4n) is 1.62. The van der Waals surface area contributed by atoms with Gasteiger partial charge in [-0.25, -0.2) is 0 Å². The number of hydrogen-bond acceptors (Lipinski definition) is 2. The molecule has 78 valence electrons. The maximum atomic E-state index is 10.4. The van der Waals surface area contributed by atoms with Crippen LogP contribution in [-0.2, 0) is 11.3 Å². The van der Waals surface area contributed by atoms with Crippen molar-refractivity contribution in [1.82, 2.24) is 4.57 Å². The Morgan fingerprint density at radius 1 is 1.33 bits per heavy atom. The van der Waals surface area contributed by atoms with Gasteiger partial charge in [-0.2, -0.15) is 0 Å². The maximum Gasteiger partial charge on any atom is 0.305 e. The lowest BCUT2D eigenvalue weighted by Crippen LogP contribution is -2.02. The lowest BCUT2D eigenvalue weighted by atomic mass is 10.2. The van der Waals surface area contributed by atoms with E-state index in [0.717, 1.165) is 10.9 Å². The highest BCUT2D eigenvalue weighted by atomic mass is 16.4. The number of phenols is 1. The van der Waals surface area contributed by atoms with Gasteiger partial charge in [0.15, 0.2) is 0 Å². The first-order valence-electron chi connectivity index (χ1n) is 4.67. The van der Waals surface area contributed by atoms with Gasteiger partial charge < -0.3 is 14.8 Å². The topological polar surface area (TPSA) is 62.5 Å². The molecular weight excluding hydrogens is 194 g/mol. The van der Waals surface area contributed by atoms with Gasteiger partial charge in [-0.1, -0.05) is 6.07 Å². The number of fused-ring (bicyclic) bond motifs is 1. The number of aromatic nitrogens is 1. The number of aryl methyl sites for hydroxylation is 1. The van der Waals surface area contributed by atoms with E-state index in [4.69, 9.17) is 5.11 Å². The minimum Gasteiger partial charge on any atom is -0.507 e. The number of phenolic OH excluding ortho intramolecular Hbond substituents is 1. The standard InChI is InChI=1S/C11H11NO3/c13-10-3-1-2-9-8(10)4-6-12(9)7-5-11(14)15/h1-4,6,13H,5,7H2,(H,14,15). The van der Waals surface area contributed by atoms with Crippen LogP contribution in [0.4, 0.5) is 0 Å². The summed E-state index contributed by atoms with van der Waals surface area (Å²) in [5.74, 6) is -0.599. The van der Waals surface area contributed by atoms with E-state index in [-0.39, 0.29) is 12.2 Å². The molecule has 0 saturated carbocycles. The Morgan fingerprint density at radius 3 is 2.87 bits per heavy atom. The van der Waals surface area contributed by atoms with Crippen molar-refractivity contribution in [2.45, 2.75) is 13.0 Å². The lowest BCUT2D eigenvalue weighted by molar-refractivity contribution is -0.137. The molecule has 0 aliphatic carbocycles. The van der Waals surface area contributed by atoms with Crippen molar-refractivity contribution in [3.8, 4) is 5.75 Å². The molecule has 15 heavy (non-hydrogen) atoms. The molecule has 1 aromatic heterocycles. The zero-order chi connectivity index (χ0) is 10.8. The molecule has 4 nitrogen and oxygen atoms in total. The van der Waals surface area contributed by atoms with Crippen molar-refractivity contribution in [2.75, 3.05) is 0 Å². The summed E-state index contributed by atoms with van der Waals surface area (Å²) >= 11 is 0. The Labute approximate surface area is 86.4 Å². The third-order valence-corrected chi connectivity index (χ3v) is 2.36. The van der Waals surface area contributed by atoms with E-state index in [2.05, 4.69) is 0 Å². The van der Waals surface area contributed by atoms with Gasteiger partial charge in [0, 0.05) is 18.1 Å². The smallest absolute Gasteiger partial charge is 0.305 e. The minimum absolute atomic E-state index is 0.0828. The maximum absolute atomic E-state index is 10.4. The number of carboxylic acids is 1. The van der Waals surface area contributed by atoms with E-state index < -0.39 is 5.97 Å². The second kappa shape index (κ2) is 3.65. The molecule has 0 saturated heterocycles. The Balaban J connectivity index is 2.37. The van der Waals surface area contributed by atoms with E-state index in [1.807, 2.05) is 10.6 Å². The van der Waals surface area contributed by atoms with Gasteiger partial charge in [0.05, 0.1) is 11.9 Å². The van der Waals surface area contributed by atoms with E-state index in [0.29, 0.717) is 6.54 Å². The fraction of sp³-hybridized carbons (Fsp3) is 0.182.